The van der Waals surface area contributed by atoms with E-state index < -0.39 is 10.0 Å². The molecule has 1 saturated carbocycles. The van der Waals surface area contributed by atoms with Crippen molar-refractivity contribution < 1.29 is 8.42 Å². The third-order valence-electron chi connectivity index (χ3n) is 4.15. The lowest BCUT2D eigenvalue weighted by Crippen LogP contribution is -2.33. The average Bonchev–Trinajstić information content (AvgIpc) is 3.04. The zero-order valence-corrected chi connectivity index (χ0v) is 12.5. The summed E-state index contributed by atoms with van der Waals surface area (Å²) in [5, 5.41) is 6.61. The van der Waals surface area contributed by atoms with Crippen molar-refractivity contribution in [3.63, 3.8) is 0 Å². The highest BCUT2D eigenvalue weighted by Crippen LogP contribution is 2.51. The largest absolute Gasteiger partial charge is 0.325 e. The Morgan fingerprint density at radius 1 is 1.47 bits per heavy atom. The molecule has 0 radical (unpaired) electrons. The molecule has 0 spiro atoms. The Balaban J connectivity index is 2.17. The number of nitrogens with two attached hydrogens (primary N) is 1. The molecular formula is C12H22N4O2S. The number of nitrogens with one attached hydrogen (secondary N) is 2. The number of rotatable bonds is 6. The smallest absolute Gasteiger partial charge is 0.244 e. The summed E-state index contributed by atoms with van der Waals surface area (Å²) in [6, 6.07) is 0. The third kappa shape index (κ3) is 2.68. The van der Waals surface area contributed by atoms with E-state index in [-0.39, 0.29) is 16.9 Å². The van der Waals surface area contributed by atoms with Gasteiger partial charge in [0.15, 0.2) is 0 Å². The van der Waals surface area contributed by atoms with Crippen LogP contribution in [-0.4, -0.2) is 25.2 Å². The van der Waals surface area contributed by atoms with Crippen molar-refractivity contribution in [2.24, 2.45) is 17.1 Å². The summed E-state index contributed by atoms with van der Waals surface area (Å²) in [6.07, 6.45) is 2.17. The number of hydrogen-bond acceptors (Lipinski definition) is 4. The Morgan fingerprint density at radius 3 is 2.58 bits per heavy atom. The Labute approximate surface area is 114 Å². The van der Waals surface area contributed by atoms with Gasteiger partial charge in [0, 0.05) is 13.1 Å². The standard InChI is InChI=1S/C12H22N4O2S/c1-8(2)12(4-5-12)7-14-19(17,18)11-9(3)15-16-10(11)6-13/h8,14H,4-7,13H2,1-3H3,(H,15,16). The van der Waals surface area contributed by atoms with E-state index in [1.165, 1.54) is 0 Å². The van der Waals surface area contributed by atoms with Crippen LogP contribution < -0.4 is 10.5 Å². The number of hydrogen-bond donors (Lipinski definition) is 3. The molecule has 1 fully saturated rings. The van der Waals surface area contributed by atoms with Gasteiger partial charge in [0.2, 0.25) is 10.0 Å². The predicted octanol–water partition coefficient (Wildman–Crippen LogP) is 0.891. The van der Waals surface area contributed by atoms with Gasteiger partial charge < -0.3 is 5.73 Å². The van der Waals surface area contributed by atoms with Crippen LogP contribution in [0.2, 0.25) is 0 Å². The Hall–Kier alpha value is -0.920. The van der Waals surface area contributed by atoms with Gasteiger partial charge in [-0.05, 0) is 31.1 Å². The second-order valence-electron chi connectivity index (χ2n) is 5.67. The number of sulfonamides is 1. The maximum atomic E-state index is 12.4. The first-order chi connectivity index (χ1) is 8.82. The highest BCUT2D eigenvalue weighted by Gasteiger charge is 2.46. The SMILES string of the molecule is Cc1[nH]nc(CN)c1S(=O)(=O)NCC1(C(C)C)CC1. The lowest BCUT2D eigenvalue weighted by atomic mass is 9.93. The van der Waals surface area contributed by atoms with Crippen LogP contribution in [0.4, 0.5) is 0 Å². The summed E-state index contributed by atoms with van der Waals surface area (Å²) in [6.45, 7) is 6.55. The van der Waals surface area contributed by atoms with Crippen molar-refractivity contribution in [3.8, 4) is 0 Å². The molecular weight excluding hydrogens is 264 g/mol. The maximum absolute atomic E-state index is 12.4. The summed E-state index contributed by atoms with van der Waals surface area (Å²) in [5.41, 5.74) is 6.58. The van der Waals surface area contributed by atoms with Crippen molar-refractivity contribution in [1.82, 2.24) is 14.9 Å². The highest BCUT2D eigenvalue weighted by molar-refractivity contribution is 7.89. The van der Waals surface area contributed by atoms with Crippen LogP contribution in [-0.2, 0) is 16.6 Å². The molecule has 0 aliphatic heterocycles. The van der Waals surface area contributed by atoms with Crippen molar-refractivity contribution >= 4 is 10.0 Å². The summed E-state index contributed by atoms with van der Waals surface area (Å²) in [5.74, 6) is 0.481. The van der Waals surface area contributed by atoms with Gasteiger partial charge in [0.05, 0.1) is 11.4 Å². The van der Waals surface area contributed by atoms with Crippen LogP contribution in [0.3, 0.4) is 0 Å². The molecule has 7 heteroatoms. The normalized spacial score (nSPS) is 17.9. The van der Waals surface area contributed by atoms with E-state index in [4.69, 9.17) is 5.73 Å². The van der Waals surface area contributed by atoms with E-state index in [0.717, 1.165) is 12.8 Å². The molecule has 4 N–H and O–H groups in total. The second kappa shape index (κ2) is 4.88. The minimum atomic E-state index is -3.54. The summed E-state index contributed by atoms with van der Waals surface area (Å²) in [7, 11) is -3.54. The van der Waals surface area contributed by atoms with Gasteiger partial charge in [-0.1, -0.05) is 13.8 Å². The Kier molecular flexibility index (Phi) is 3.72. The Morgan fingerprint density at radius 2 is 2.11 bits per heavy atom. The molecule has 2 rings (SSSR count). The van der Waals surface area contributed by atoms with Crippen molar-refractivity contribution in [2.75, 3.05) is 6.54 Å². The fraction of sp³-hybridized carbons (Fsp3) is 0.750. The topological polar surface area (TPSA) is 101 Å². The molecule has 108 valence electrons. The lowest BCUT2D eigenvalue weighted by molar-refractivity contribution is 0.357. The van der Waals surface area contributed by atoms with Crippen LogP contribution in [0.5, 0.6) is 0 Å². The number of nitrogens with zero attached hydrogens (tertiary/aromatic N) is 1. The second-order valence-corrected chi connectivity index (χ2v) is 7.37. The Bertz CT molecular complexity index is 558. The van der Waals surface area contributed by atoms with Gasteiger partial charge >= 0.3 is 0 Å². The predicted molar refractivity (Wildman–Crippen MR) is 72.9 cm³/mol. The molecule has 1 heterocycles. The average molecular weight is 286 g/mol. The molecule has 0 aromatic carbocycles. The minimum absolute atomic E-state index is 0.107. The van der Waals surface area contributed by atoms with Crippen molar-refractivity contribution in [2.45, 2.75) is 45.1 Å². The van der Waals surface area contributed by atoms with E-state index in [2.05, 4.69) is 28.8 Å². The van der Waals surface area contributed by atoms with Crippen LogP contribution >= 0.6 is 0 Å². The van der Waals surface area contributed by atoms with Crippen LogP contribution in [0, 0.1) is 18.3 Å². The summed E-state index contributed by atoms with van der Waals surface area (Å²) < 4.78 is 27.4. The molecule has 1 aromatic rings. The monoisotopic (exact) mass is 286 g/mol. The molecule has 0 amide bonds. The van der Waals surface area contributed by atoms with Gasteiger partial charge in [0.25, 0.3) is 0 Å². The molecule has 19 heavy (non-hydrogen) atoms. The van der Waals surface area contributed by atoms with Crippen LogP contribution in [0.15, 0.2) is 4.90 Å². The molecule has 1 aliphatic rings. The van der Waals surface area contributed by atoms with E-state index in [1.807, 2.05) is 0 Å². The minimum Gasteiger partial charge on any atom is -0.325 e. The first-order valence-electron chi connectivity index (χ1n) is 6.56. The van der Waals surface area contributed by atoms with Gasteiger partial charge in [-0.25, -0.2) is 13.1 Å². The van der Waals surface area contributed by atoms with E-state index in [9.17, 15) is 8.42 Å². The van der Waals surface area contributed by atoms with Gasteiger partial charge in [0.1, 0.15) is 4.90 Å². The van der Waals surface area contributed by atoms with E-state index in [1.54, 1.807) is 6.92 Å². The number of aromatic nitrogens is 2. The molecule has 0 unspecified atom stereocenters. The zero-order valence-electron chi connectivity index (χ0n) is 11.7. The van der Waals surface area contributed by atoms with Gasteiger partial charge in [-0.3, -0.25) is 5.10 Å². The number of aryl methyl sites for hydroxylation is 1. The molecule has 6 nitrogen and oxygen atoms in total. The molecule has 0 saturated heterocycles. The maximum Gasteiger partial charge on any atom is 0.244 e. The quantitative estimate of drug-likeness (QED) is 0.723. The summed E-state index contributed by atoms with van der Waals surface area (Å²) >= 11 is 0. The summed E-state index contributed by atoms with van der Waals surface area (Å²) in [4.78, 5) is 0.203. The van der Waals surface area contributed by atoms with Crippen molar-refractivity contribution in [1.29, 1.82) is 0 Å². The van der Waals surface area contributed by atoms with Gasteiger partial charge in [-0.15, -0.1) is 0 Å². The number of aromatic amines is 1. The highest BCUT2D eigenvalue weighted by atomic mass is 32.2. The molecule has 0 atom stereocenters. The van der Waals surface area contributed by atoms with Gasteiger partial charge in [-0.2, -0.15) is 5.10 Å². The van der Waals surface area contributed by atoms with E-state index >= 15 is 0 Å². The van der Waals surface area contributed by atoms with Crippen LogP contribution in [0.1, 0.15) is 38.1 Å². The van der Waals surface area contributed by atoms with E-state index in [0.29, 0.717) is 23.9 Å². The van der Waals surface area contributed by atoms with Crippen molar-refractivity contribution in [3.05, 3.63) is 11.4 Å². The fourth-order valence-electron chi connectivity index (χ4n) is 2.39. The first-order valence-corrected chi connectivity index (χ1v) is 8.04. The zero-order chi connectivity index (χ0) is 14.3. The molecule has 1 aliphatic carbocycles. The number of H-pyrrole nitrogens is 1. The first kappa shape index (κ1) is 14.5. The molecule has 1 aromatic heterocycles. The third-order valence-corrected chi connectivity index (χ3v) is 5.76. The molecule has 0 bridgehead atoms. The lowest BCUT2D eigenvalue weighted by Gasteiger charge is -2.20. The fourth-order valence-corrected chi connectivity index (χ4v) is 3.90. The van der Waals surface area contributed by atoms with Crippen LogP contribution in [0.25, 0.3) is 0 Å².